The van der Waals surface area contributed by atoms with Crippen LogP contribution in [0.1, 0.15) is 33.1 Å². The van der Waals surface area contributed by atoms with Crippen molar-refractivity contribution in [2.24, 2.45) is 0 Å². The molecule has 0 radical (unpaired) electrons. The highest BCUT2D eigenvalue weighted by Crippen LogP contribution is 2.40. The Morgan fingerprint density at radius 2 is 1.80 bits per heavy atom. The van der Waals surface area contributed by atoms with Gasteiger partial charge in [-0.2, -0.15) is 0 Å². The zero-order valence-electron chi connectivity index (χ0n) is 9.57. The SMILES string of the molecule is C=CCCCC[Si]12OC(C)C(O1)C(C)O2. The van der Waals surface area contributed by atoms with Crippen molar-refractivity contribution < 1.29 is 13.3 Å². The minimum absolute atomic E-state index is 0.177. The first-order valence-electron chi connectivity index (χ1n) is 5.81. The summed E-state index contributed by atoms with van der Waals surface area (Å²) in [5, 5.41) is 0. The summed E-state index contributed by atoms with van der Waals surface area (Å²) in [6.45, 7) is 7.89. The van der Waals surface area contributed by atoms with E-state index >= 15 is 0 Å². The third kappa shape index (κ3) is 2.18. The average molecular weight is 228 g/mol. The molecule has 4 heteroatoms. The molecule has 0 saturated carbocycles. The van der Waals surface area contributed by atoms with Gasteiger partial charge < -0.3 is 13.3 Å². The Labute approximate surface area is 92.8 Å². The highest BCUT2D eigenvalue weighted by molar-refractivity contribution is 6.62. The van der Waals surface area contributed by atoms with Crippen molar-refractivity contribution in [3.8, 4) is 0 Å². The summed E-state index contributed by atoms with van der Waals surface area (Å²) in [7, 11) is -2.24. The first-order chi connectivity index (χ1) is 7.17. The third-order valence-electron chi connectivity index (χ3n) is 3.11. The number of rotatable bonds is 5. The van der Waals surface area contributed by atoms with Gasteiger partial charge >= 0.3 is 8.80 Å². The van der Waals surface area contributed by atoms with E-state index in [1.807, 2.05) is 6.08 Å². The van der Waals surface area contributed by atoms with Gasteiger partial charge in [-0.25, -0.2) is 0 Å². The Morgan fingerprint density at radius 3 is 2.33 bits per heavy atom. The average Bonchev–Trinajstić information content (AvgIpc) is 2.66. The second-order valence-electron chi connectivity index (χ2n) is 4.45. The van der Waals surface area contributed by atoms with Crippen LogP contribution in [0.15, 0.2) is 12.7 Å². The molecule has 2 unspecified atom stereocenters. The molecule has 0 aromatic heterocycles. The van der Waals surface area contributed by atoms with Gasteiger partial charge in [-0.3, -0.25) is 0 Å². The predicted octanol–water partition coefficient (Wildman–Crippen LogP) is 2.50. The van der Waals surface area contributed by atoms with Gasteiger partial charge in [0, 0.05) is 6.04 Å². The van der Waals surface area contributed by atoms with E-state index in [1.54, 1.807) is 0 Å². The van der Waals surface area contributed by atoms with Crippen LogP contribution in [0, 0.1) is 0 Å². The molecular weight excluding hydrogens is 208 g/mol. The van der Waals surface area contributed by atoms with E-state index in [-0.39, 0.29) is 18.3 Å². The lowest BCUT2D eigenvalue weighted by Gasteiger charge is -2.26. The molecular formula is C11H20O3Si. The molecule has 0 aliphatic carbocycles. The fourth-order valence-electron chi connectivity index (χ4n) is 2.37. The Bertz CT molecular complexity index is 232. The lowest BCUT2D eigenvalue weighted by molar-refractivity contribution is 0.0405. The molecule has 2 aliphatic rings. The van der Waals surface area contributed by atoms with Gasteiger partial charge in [-0.05, 0) is 33.1 Å². The highest BCUT2D eigenvalue weighted by atomic mass is 28.4. The summed E-state index contributed by atoms with van der Waals surface area (Å²) in [5.41, 5.74) is 0. The number of hydrogen-bond acceptors (Lipinski definition) is 3. The minimum Gasteiger partial charge on any atom is -0.368 e. The topological polar surface area (TPSA) is 27.7 Å². The van der Waals surface area contributed by atoms with Crippen molar-refractivity contribution >= 4 is 8.80 Å². The molecule has 3 nitrogen and oxygen atoms in total. The Morgan fingerprint density at radius 1 is 1.13 bits per heavy atom. The lowest BCUT2D eigenvalue weighted by atomic mass is 10.1. The van der Waals surface area contributed by atoms with Crippen LogP contribution in [0.3, 0.4) is 0 Å². The molecule has 0 amide bonds. The summed E-state index contributed by atoms with van der Waals surface area (Å²) in [4.78, 5) is 0. The second-order valence-corrected chi connectivity index (χ2v) is 7.02. The highest BCUT2D eigenvalue weighted by Gasteiger charge is 2.60. The molecule has 0 spiro atoms. The lowest BCUT2D eigenvalue weighted by Crippen LogP contribution is -2.43. The van der Waals surface area contributed by atoms with E-state index in [2.05, 4.69) is 20.4 Å². The van der Waals surface area contributed by atoms with Crippen LogP contribution in [0.4, 0.5) is 0 Å². The molecule has 15 heavy (non-hydrogen) atoms. The normalized spacial score (nSPS) is 43.5. The van der Waals surface area contributed by atoms with Gasteiger partial charge in [0.1, 0.15) is 0 Å². The molecule has 0 aromatic carbocycles. The van der Waals surface area contributed by atoms with Crippen molar-refractivity contribution in [2.45, 2.75) is 57.5 Å². The zero-order valence-corrected chi connectivity index (χ0v) is 10.6. The number of hydrogen-bond donors (Lipinski definition) is 0. The van der Waals surface area contributed by atoms with Gasteiger partial charge in [-0.15, -0.1) is 6.58 Å². The molecule has 0 aromatic rings. The van der Waals surface area contributed by atoms with Gasteiger partial charge in [0.25, 0.3) is 0 Å². The van der Waals surface area contributed by atoms with Crippen molar-refractivity contribution in [1.82, 2.24) is 0 Å². The Balaban J connectivity index is 1.83. The molecule has 2 bridgehead atoms. The molecule has 2 heterocycles. The molecule has 86 valence electrons. The van der Waals surface area contributed by atoms with Gasteiger partial charge in [0.15, 0.2) is 0 Å². The molecule has 2 saturated heterocycles. The largest absolute Gasteiger partial charge is 0.502 e. The number of unbranched alkanes of at least 4 members (excludes halogenated alkanes) is 2. The van der Waals surface area contributed by atoms with Crippen molar-refractivity contribution in [3.05, 3.63) is 12.7 Å². The monoisotopic (exact) mass is 228 g/mol. The van der Waals surface area contributed by atoms with Crippen LogP contribution in [0.2, 0.25) is 6.04 Å². The van der Waals surface area contributed by atoms with Gasteiger partial charge in [-0.1, -0.05) is 6.08 Å². The van der Waals surface area contributed by atoms with Gasteiger partial charge in [0.05, 0.1) is 18.3 Å². The van der Waals surface area contributed by atoms with E-state index in [0.717, 1.165) is 25.3 Å². The summed E-state index contributed by atoms with van der Waals surface area (Å²) in [5.74, 6) is 0. The standard InChI is InChI=1S/C11H20O3Si/c1-4-5-6-7-8-15-12-9(2)11(14-15)10(3)13-15/h4,9-11H,1,5-8H2,2-3H3. The first kappa shape index (κ1) is 11.3. The zero-order chi connectivity index (χ0) is 10.9. The predicted molar refractivity (Wildman–Crippen MR) is 60.6 cm³/mol. The summed E-state index contributed by atoms with van der Waals surface area (Å²) < 4.78 is 17.7. The molecule has 2 aliphatic heterocycles. The van der Waals surface area contributed by atoms with Crippen molar-refractivity contribution in [1.29, 1.82) is 0 Å². The fraction of sp³-hybridized carbons (Fsp3) is 0.818. The van der Waals surface area contributed by atoms with E-state index in [4.69, 9.17) is 13.3 Å². The minimum atomic E-state index is -2.24. The fourth-order valence-corrected chi connectivity index (χ4v) is 5.77. The number of allylic oxidation sites excluding steroid dienone is 1. The van der Waals surface area contributed by atoms with Crippen LogP contribution >= 0.6 is 0 Å². The molecule has 2 rings (SSSR count). The van der Waals surface area contributed by atoms with E-state index in [1.165, 1.54) is 0 Å². The summed E-state index contributed by atoms with van der Waals surface area (Å²) in [6, 6.07) is 0.964. The van der Waals surface area contributed by atoms with Crippen LogP contribution in [-0.2, 0) is 13.3 Å². The van der Waals surface area contributed by atoms with E-state index in [9.17, 15) is 0 Å². The van der Waals surface area contributed by atoms with Crippen molar-refractivity contribution in [2.75, 3.05) is 0 Å². The maximum absolute atomic E-state index is 5.93. The maximum Gasteiger partial charge on any atom is 0.502 e. The van der Waals surface area contributed by atoms with E-state index < -0.39 is 8.80 Å². The second kappa shape index (κ2) is 4.37. The Hall–Kier alpha value is -0.163. The first-order valence-corrected chi connectivity index (χ1v) is 7.74. The van der Waals surface area contributed by atoms with Crippen LogP contribution in [0.25, 0.3) is 0 Å². The third-order valence-corrected chi connectivity index (χ3v) is 6.17. The van der Waals surface area contributed by atoms with Gasteiger partial charge in [0.2, 0.25) is 0 Å². The van der Waals surface area contributed by atoms with Crippen molar-refractivity contribution in [3.63, 3.8) is 0 Å². The Kier molecular flexibility index (Phi) is 3.30. The maximum atomic E-state index is 5.93. The summed E-state index contributed by atoms with van der Waals surface area (Å²) >= 11 is 0. The number of fused-ring (bicyclic) bond motifs is 2. The summed E-state index contributed by atoms with van der Waals surface area (Å²) in [6.07, 6.45) is 5.92. The molecule has 2 fully saturated rings. The van der Waals surface area contributed by atoms with E-state index in [0.29, 0.717) is 0 Å². The quantitative estimate of drug-likeness (QED) is 0.411. The molecule has 2 atom stereocenters. The molecule has 0 N–H and O–H groups in total. The van der Waals surface area contributed by atoms with Crippen LogP contribution in [-0.4, -0.2) is 27.1 Å². The van der Waals surface area contributed by atoms with Crippen LogP contribution < -0.4 is 0 Å². The van der Waals surface area contributed by atoms with Crippen LogP contribution in [0.5, 0.6) is 0 Å². The smallest absolute Gasteiger partial charge is 0.368 e.